The van der Waals surface area contributed by atoms with Gasteiger partial charge in [0.25, 0.3) is 0 Å². The van der Waals surface area contributed by atoms with Gasteiger partial charge in [0.1, 0.15) is 12.4 Å². The normalized spacial score (nSPS) is 11.7. The van der Waals surface area contributed by atoms with Crippen LogP contribution in [0.2, 0.25) is 0 Å². The molecule has 0 aliphatic rings. The van der Waals surface area contributed by atoms with Crippen LogP contribution in [-0.4, -0.2) is 19.6 Å². The highest BCUT2D eigenvalue weighted by atomic mass is 16.5. The largest absolute Gasteiger partial charge is 0.497 e. The van der Waals surface area contributed by atoms with Gasteiger partial charge in [-0.1, -0.05) is 43.7 Å². The van der Waals surface area contributed by atoms with Crippen molar-refractivity contribution < 1.29 is 9.47 Å². The molecule has 0 spiro atoms. The Morgan fingerprint density at radius 2 is 1.74 bits per heavy atom. The summed E-state index contributed by atoms with van der Waals surface area (Å²) in [5, 5.41) is 0. The lowest BCUT2D eigenvalue weighted by atomic mass is 10.2. The predicted octanol–water partition coefficient (Wildman–Crippen LogP) is 5.15. The molecule has 0 atom stereocenters. The van der Waals surface area contributed by atoms with E-state index in [9.17, 15) is 0 Å². The predicted molar refractivity (Wildman–Crippen MR) is 95.6 cm³/mol. The Morgan fingerprint density at radius 3 is 2.39 bits per heavy atom. The van der Waals surface area contributed by atoms with Gasteiger partial charge in [0.15, 0.2) is 0 Å². The lowest BCUT2D eigenvalue weighted by Gasteiger charge is -2.08. The second-order valence-corrected chi connectivity index (χ2v) is 5.05. The molecule has 0 N–H and O–H groups in total. The summed E-state index contributed by atoms with van der Waals surface area (Å²) in [4.78, 5) is 4.63. The number of aliphatic imine (C=N–C) groups is 1. The van der Waals surface area contributed by atoms with Gasteiger partial charge in [-0.05, 0) is 42.8 Å². The number of nitrogens with zero attached hydrogens (tertiary/aromatic N) is 1. The van der Waals surface area contributed by atoms with Crippen molar-refractivity contribution in [3.8, 4) is 5.75 Å². The third-order valence-electron chi connectivity index (χ3n) is 3.26. The van der Waals surface area contributed by atoms with Gasteiger partial charge in [0, 0.05) is 5.56 Å². The van der Waals surface area contributed by atoms with E-state index in [4.69, 9.17) is 9.47 Å². The van der Waals surface area contributed by atoms with E-state index in [1.165, 1.54) is 0 Å². The van der Waals surface area contributed by atoms with Crippen LogP contribution < -0.4 is 4.74 Å². The van der Waals surface area contributed by atoms with Crippen LogP contribution in [0, 0.1) is 0 Å². The zero-order valence-electron chi connectivity index (χ0n) is 13.7. The van der Waals surface area contributed by atoms with Crippen LogP contribution in [0.5, 0.6) is 5.75 Å². The molecule has 0 amide bonds. The highest BCUT2D eigenvalue weighted by Crippen LogP contribution is 2.19. The molecule has 2 rings (SSSR count). The molecule has 0 aromatic heterocycles. The van der Waals surface area contributed by atoms with Gasteiger partial charge in [-0.2, -0.15) is 0 Å². The maximum absolute atomic E-state index is 5.87. The van der Waals surface area contributed by atoms with Crippen molar-refractivity contribution in [1.82, 2.24) is 0 Å². The first-order chi connectivity index (χ1) is 11.3. The van der Waals surface area contributed by atoms with Crippen molar-refractivity contribution in [3.63, 3.8) is 0 Å². The van der Waals surface area contributed by atoms with Gasteiger partial charge >= 0.3 is 0 Å². The Balaban J connectivity index is 2.16. The van der Waals surface area contributed by atoms with Gasteiger partial charge in [0.2, 0.25) is 5.90 Å². The van der Waals surface area contributed by atoms with Gasteiger partial charge < -0.3 is 9.47 Å². The molecule has 0 radical (unpaired) electrons. The number of unbranched alkanes of at least 4 members (excludes halogenated alkanes) is 1. The lowest BCUT2D eigenvalue weighted by molar-refractivity contribution is 0.351. The summed E-state index contributed by atoms with van der Waals surface area (Å²) in [5.74, 6) is 1.44. The SMILES string of the molecule is CCCC=CCOC(=Nc1ccc(OC)cc1)c1ccccc1. The number of benzene rings is 2. The van der Waals surface area contributed by atoms with E-state index < -0.39 is 0 Å². The molecule has 0 fully saturated rings. The Hall–Kier alpha value is -2.55. The number of rotatable bonds is 7. The molecule has 2 aromatic rings. The summed E-state index contributed by atoms with van der Waals surface area (Å²) in [7, 11) is 1.65. The van der Waals surface area contributed by atoms with Gasteiger partial charge in [-0.25, -0.2) is 4.99 Å². The van der Waals surface area contributed by atoms with E-state index in [-0.39, 0.29) is 0 Å². The number of hydrogen-bond acceptors (Lipinski definition) is 3. The van der Waals surface area contributed by atoms with E-state index in [2.05, 4.69) is 18.0 Å². The van der Waals surface area contributed by atoms with Crippen molar-refractivity contribution in [1.29, 1.82) is 0 Å². The first-order valence-electron chi connectivity index (χ1n) is 7.89. The van der Waals surface area contributed by atoms with Crippen LogP contribution >= 0.6 is 0 Å². The molecule has 3 nitrogen and oxygen atoms in total. The molecule has 2 aromatic carbocycles. The topological polar surface area (TPSA) is 30.8 Å². The summed E-state index contributed by atoms with van der Waals surface area (Å²) >= 11 is 0. The highest BCUT2D eigenvalue weighted by Gasteiger charge is 2.04. The van der Waals surface area contributed by atoms with Crippen LogP contribution in [-0.2, 0) is 4.74 Å². The van der Waals surface area contributed by atoms with Crippen LogP contribution in [0.3, 0.4) is 0 Å². The average Bonchev–Trinajstić information content (AvgIpc) is 2.62. The second-order valence-electron chi connectivity index (χ2n) is 5.05. The molecular weight excluding hydrogens is 286 g/mol. The molecule has 3 heteroatoms. The molecule has 23 heavy (non-hydrogen) atoms. The molecule has 0 unspecified atom stereocenters. The fourth-order valence-corrected chi connectivity index (χ4v) is 2.01. The van der Waals surface area contributed by atoms with Gasteiger partial charge in [0.05, 0.1) is 12.8 Å². The molecule has 0 saturated carbocycles. The van der Waals surface area contributed by atoms with E-state index in [0.29, 0.717) is 12.5 Å². The van der Waals surface area contributed by atoms with Crippen LogP contribution in [0.25, 0.3) is 0 Å². The first-order valence-corrected chi connectivity index (χ1v) is 7.89. The van der Waals surface area contributed by atoms with Crippen molar-refractivity contribution >= 4 is 11.6 Å². The molecule has 0 heterocycles. The van der Waals surface area contributed by atoms with E-state index in [0.717, 1.165) is 29.8 Å². The third kappa shape index (κ3) is 5.62. The number of methoxy groups -OCH3 is 1. The monoisotopic (exact) mass is 309 g/mol. The summed E-state index contributed by atoms with van der Waals surface area (Å²) in [5.41, 5.74) is 1.80. The summed E-state index contributed by atoms with van der Waals surface area (Å²) in [6.07, 6.45) is 6.38. The van der Waals surface area contributed by atoms with Gasteiger partial charge in [-0.15, -0.1) is 0 Å². The van der Waals surface area contributed by atoms with Crippen molar-refractivity contribution in [2.45, 2.75) is 19.8 Å². The fraction of sp³-hybridized carbons (Fsp3) is 0.250. The minimum absolute atomic E-state index is 0.518. The van der Waals surface area contributed by atoms with E-state index in [1.54, 1.807) is 7.11 Å². The Bertz CT molecular complexity index is 630. The van der Waals surface area contributed by atoms with Crippen molar-refractivity contribution in [2.24, 2.45) is 4.99 Å². The molecule has 0 aliphatic carbocycles. The Labute approximate surface area is 138 Å². The van der Waals surface area contributed by atoms with Crippen LogP contribution in [0.4, 0.5) is 5.69 Å². The number of hydrogen-bond donors (Lipinski definition) is 0. The highest BCUT2D eigenvalue weighted by molar-refractivity contribution is 5.95. The van der Waals surface area contributed by atoms with Crippen LogP contribution in [0.1, 0.15) is 25.3 Å². The van der Waals surface area contributed by atoms with Crippen molar-refractivity contribution in [2.75, 3.05) is 13.7 Å². The molecule has 0 aliphatic heterocycles. The maximum Gasteiger partial charge on any atom is 0.221 e. The smallest absolute Gasteiger partial charge is 0.221 e. The van der Waals surface area contributed by atoms with Gasteiger partial charge in [-0.3, -0.25) is 0 Å². The molecular formula is C20H23NO2. The second kappa shape index (κ2) is 9.46. The zero-order chi connectivity index (χ0) is 16.3. The minimum atomic E-state index is 0.518. The molecule has 0 bridgehead atoms. The maximum atomic E-state index is 5.87. The molecule has 0 saturated heterocycles. The summed E-state index contributed by atoms with van der Waals surface area (Å²) in [6, 6.07) is 17.6. The Morgan fingerprint density at radius 1 is 1.00 bits per heavy atom. The van der Waals surface area contributed by atoms with Crippen LogP contribution in [0.15, 0.2) is 71.7 Å². The fourth-order valence-electron chi connectivity index (χ4n) is 2.01. The Kier molecular flexibility index (Phi) is 6.92. The zero-order valence-corrected chi connectivity index (χ0v) is 13.7. The van der Waals surface area contributed by atoms with Crippen molar-refractivity contribution in [3.05, 3.63) is 72.3 Å². The standard InChI is InChI=1S/C20H23NO2/c1-3-4-5-9-16-23-20(17-10-7-6-8-11-17)21-18-12-14-19(22-2)15-13-18/h5-15H,3-4,16H2,1-2H3. The number of allylic oxidation sites excluding steroid dienone is 1. The summed E-state index contributed by atoms with van der Waals surface area (Å²) < 4.78 is 11.0. The minimum Gasteiger partial charge on any atom is -0.497 e. The van der Waals surface area contributed by atoms with E-state index >= 15 is 0 Å². The third-order valence-corrected chi connectivity index (χ3v) is 3.26. The average molecular weight is 309 g/mol. The molecule has 120 valence electrons. The van der Waals surface area contributed by atoms with E-state index in [1.807, 2.05) is 60.7 Å². The lowest BCUT2D eigenvalue weighted by Crippen LogP contribution is -2.06. The summed E-state index contributed by atoms with van der Waals surface area (Å²) in [6.45, 7) is 2.68. The number of ether oxygens (including phenoxy) is 2. The first kappa shape index (κ1) is 16.8. The quantitative estimate of drug-likeness (QED) is 0.402.